The Morgan fingerprint density at radius 2 is 1.93 bits per heavy atom. The monoisotopic (exact) mass is 433 g/mol. The van der Waals surface area contributed by atoms with E-state index in [1.54, 1.807) is 14.0 Å². The Balaban J connectivity index is 1.75. The second-order valence-corrected chi connectivity index (χ2v) is 9.26. The fraction of sp³-hybridized carbons (Fsp3) is 0.429. The number of aromatic nitrogens is 1. The summed E-state index contributed by atoms with van der Waals surface area (Å²) in [6.07, 6.45) is 2.43. The smallest absolute Gasteiger partial charge is 0.354 e. The summed E-state index contributed by atoms with van der Waals surface area (Å²) in [5.74, 6) is -0.909. The lowest BCUT2D eigenvalue weighted by atomic mass is 10.1. The van der Waals surface area contributed by atoms with E-state index in [-0.39, 0.29) is 29.6 Å². The summed E-state index contributed by atoms with van der Waals surface area (Å²) in [6, 6.07) is 8.31. The maximum Gasteiger partial charge on any atom is 0.354 e. The molecule has 0 bridgehead atoms. The van der Waals surface area contributed by atoms with Crippen LogP contribution in [-0.2, 0) is 33.1 Å². The van der Waals surface area contributed by atoms with Crippen LogP contribution in [0.3, 0.4) is 0 Å². The molecule has 0 unspecified atom stereocenters. The molecular formula is C21H27N3O5S. The average molecular weight is 434 g/mol. The molecule has 8 nitrogen and oxygen atoms in total. The van der Waals surface area contributed by atoms with Crippen LogP contribution in [0.1, 0.15) is 41.4 Å². The van der Waals surface area contributed by atoms with Gasteiger partial charge in [0.25, 0.3) is 0 Å². The van der Waals surface area contributed by atoms with Crippen LogP contribution in [0, 0.1) is 6.92 Å². The molecule has 1 saturated heterocycles. The topological polar surface area (TPSA) is 97.7 Å². The number of carbonyl (C=O) groups excluding carboxylic acids is 2. The fourth-order valence-electron chi connectivity index (χ4n) is 3.52. The van der Waals surface area contributed by atoms with Crippen molar-refractivity contribution in [2.24, 2.45) is 7.05 Å². The van der Waals surface area contributed by atoms with E-state index in [4.69, 9.17) is 4.74 Å². The summed E-state index contributed by atoms with van der Waals surface area (Å²) in [5, 5.41) is 2.84. The Labute approximate surface area is 176 Å². The number of carbonyl (C=O) groups is 2. The highest BCUT2D eigenvalue weighted by molar-refractivity contribution is 7.89. The van der Waals surface area contributed by atoms with Crippen LogP contribution in [0.15, 0.2) is 41.4 Å². The molecule has 0 saturated carbocycles. The van der Waals surface area contributed by atoms with Gasteiger partial charge in [0.1, 0.15) is 16.6 Å². The number of rotatable bonds is 7. The molecule has 1 atom stereocenters. The number of aryl methyl sites for hydroxylation is 2. The van der Waals surface area contributed by atoms with E-state index in [0.29, 0.717) is 19.4 Å². The van der Waals surface area contributed by atoms with E-state index >= 15 is 0 Å². The molecule has 1 amide bonds. The van der Waals surface area contributed by atoms with Gasteiger partial charge in [-0.05, 0) is 38.3 Å². The number of sulfonamides is 1. The third-order valence-electron chi connectivity index (χ3n) is 5.16. The molecule has 162 valence electrons. The predicted molar refractivity (Wildman–Crippen MR) is 111 cm³/mol. The first kappa shape index (κ1) is 22.0. The van der Waals surface area contributed by atoms with Gasteiger partial charge in [-0.25, -0.2) is 13.2 Å². The normalized spacial score (nSPS) is 17.1. The van der Waals surface area contributed by atoms with Crippen molar-refractivity contribution < 1.29 is 22.7 Å². The summed E-state index contributed by atoms with van der Waals surface area (Å²) in [5.41, 5.74) is 2.22. The number of benzene rings is 1. The van der Waals surface area contributed by atoms with Crippen LogP contribution in [0.4, 0.5) is 0 Å². The first-order valence-electron chi connectivity index (χ1n) is 9.92. The number of ether oxygens (including phenoxy) is 1. The molecule has 1 fully saturated rings. The van der Waals surface area contributed by atoms with E-state index in [9.17, 15) is 18.0 Å². The molecule has 0 spiro atoms. The summed E-state index contributed by atoms with van der Waals surface area (Å²) in [6.45, 7) is 4.46. The highest BCUT2D eigenvalue weighted by atomic mass is 32.2. The Morgan fingerprint density at radius 3 is 2.60 bits per heavy atom. The number of hydrogen-bond donors (Lipinski definition) is 1. The number of nitrogens with one attached hydrogen (secondary N) is 1. The van der Waals surface area contributed by atoms with Gasteiger partial charge in [-0.3, -0.25) is 4.79 Å². The van der Waals surface area contributed by atoms with E-state index in [0.717, 1.165) is 11.1 Å². The summed E-state index contributed by atoms with van der Waals surface area (Å²) in [7, 11) is -2.34. The van der Waals surface area contributed by atoms with Crippen molar-refractivity contribution in [1.29, 1.82) is 0 Å². The quantitative estimate of drug-likeness (QED) is 0.674. The zero-order valence-electron chi connectivity index (χ0n) is 17.4. The van der Waals surface area contributed by atoms with Crippen molar-refractivity contribution in [3.63, 3.8) is 0 Å². The maximum absolute atomic E-state index is 13.2. The van der Waals surface area contributed by atoms with Gasteiger partial charge in [-0.15, -0.1) is 0 Å². The van der Waals surface area contributed by atoms with Crippen molar-refractivity contribution in [3.8, 4) is 0 Å². The van der Waals surface area contributed by atoms with Crippen LogP contribution in [0.2, 0.25) is 0 Å². The first-order valence-corrected chi connectivity index (χ1v) is 11.4. The zero-order chi connectivity index (χ0) is 21.9. The number of amides is 1. The van der Waals surface area contributed by atoms with Crippen molar-refractivity contribution in [1.82, 2.24) is 14.2 Å². The highest BCUT2D eigenvalue weighted by Crippen LogP contribution is 2.27. The minimum Gasteiger partial charge on any atom is -0.461 e. The zero-order valence-corrected chi connectivity index (χ0v) is 18.2. The van der Waals surface area contributed by atoms with Gasteiger partial charge in [-0.2, -0.15) is 4.31 Å². The minimum absolute atomic E-state index is 0.0220. The molecule has 30 heavy (non-hydrogen) atoms. The molecule has 1 aliphatic heterocycles. The second kappa shape index (κ2) is 9.01. The van der Waals surface area contributed by atoms with E-state index in [2.05, 4.69) is 5.32 Å². The van der Waals surface area contributed by atoms with E-state index < -0.39 is 22.0 Å². The van der Waals surface area contributed by atoms with Crippen LogP contribution in [0.5, 0.6) is 0 Å². The molecule has 0 radical (unpaired) electrons. The van der Waals surface area contributed by atoms with Crippen LogP contribution in [0.25, 0.3) is 0 Å². The van der Waals surface area contributed by atoms with Crippen LogP contribution >= 0.6 is 0 Å². The van der Waals surface area contributed by atoms with E-state index in [1.165, 1.54) is 21.1 Å². The summed E-state index contributed by atoms with van der Waals surface area (Å²) in [4.78, 5) is 24.7. The lowest BCUT2D eigenvalue weighted by Gasteiger charge is -2.23. The van der Waals surface area contributed by atoms with Crippen molar-refractivity contribution in [2.45, 2.75) is 44.2 Å². The van der Waals surface area contributed by atoms with Gasteiger partial charge in [0.2, 0.25) is 15.9 Å². The molecule has 2 heterocycles. The fourth-order valence-corrected chi connectivity index (χ4v) is 5.25. The molecule has 1 N–H and O–H groups in total. The van der Waals surface area contributed by atoms with Gasteiger partial charge in [0.15, 0.2) is 0 Å². The van der Waals surface area contributed by atoms with Gasteiger partial charge in [-0.1, -0.05) is 29.8 Å². The highest BCUT2D eigenvalue weighted by Gasteiger charge is 2.40. The molecule has 3 rings (SSSR count). The second-order valence-electron chi connectivity index (χ2n) is 7.37. The van der Waals surface area contributed by atoms with Crippen molar-refractivity contribution in [2.75, 3.05) is 13.2 Å². The Bertz CT molecular complexity index is 1030. The average Bonchev–Trinajstić information content (AvgIpc) is 3.35. The molecule has 2 aromatic rings. The standard InChI is InChI=1S/C21H27N3O5S/c1-4-29-21(26)19-12-17(14-23(19)3)30(27,28)24-11-5-6-18(24)20(25)22-13-16-9-7-15(2)8-10-16/h7-10,12,14,18H,4-6,11,13H2,1-3H3,(H,22,25)/t18-/m1/s1. The lowest BCUT2D eigenvalue weighted by molar-refractivity contribution is -0.124. The Morgan fingerprint density at radius 1 is 1.23 bits per heavy atom. The van der Waals surface area contributed by atoms with Crippen LogP contribution < -0.4 is 5.32 Å². The molecular weight excluding hydrogens is 406 g/mol. The van der Waals surface area contributed by atoms with Gasteiger partial charge in [0.05, 0.1) is 6.61 Å². The maximum atomic E-state index is 13.2. The lowest BCUT2D eigenvalue weighted by Crippen LogP contribution is -2.45. The Kier molecular flexibility index (Phi) is 6.62. The summed E-state index contributed by atoms with van der Waals surface area (Å²) < 4.78 is 34.0. The molecule has 0 aliphatic carbocycles. The summed E-state index contributed by atoms with van der Waals surface area (Å²) >= 11 is 0. The molecule has 1 aromatic carbocycles. The SMILES string of the molecule is CCOC(=O)c1cc(S(=O)(=O)N2CCC[C@@H]2C(=O)NCc2ccc(C)cc2)cn1C. The first-order chi connectivity index (χ1) is 14.2. The molecule has 1 aromatic heterocycles. The van der Waals surface area contributed by atoms with Gasteiger partial charge in [0, 0.05) is 26.3 Å². The third kappa shape index (κ3) is 4.57. The third-order valence-corrected chi connectivity index (χ3v) is 7.04. The van der Waals surface area contributed by atoms with E-state index in [1.807, 2.05) is 31.2 Å². The molecule has 1 aliphatic rings. The van der Waals surface area contributed by atoms with Crippen molar-refractivity contribution in [3.05, 3.63) is 53.3 Å². The number of hydrogen-bond acceptors (Lipinski definition) is 5. The number of nitrogens with zero attached hydrogens (tertiary/aromatic N) is 2. The molecule has 9 heteroatoms. The van der Waals surface area contributed by atoms with Gasteiger partial charge >= 0.3 is 5.97 Å². The van der Waals surface area contributed by atoms with Gasteiger partial charge < -0.3 is 14.6 Å². The predicted octanol–water partition coefficient (Wildman–Crippen LogP) is 1.98. The number of esters is 1. The largest absolute Gasteiger partial charge is 0.461 e. The minimum atomic E-state index is -3.93. The van der Waals surface area contributed by atoms with Crippen molar-refractivity contribution >= 4 is 21.9 Å². The Hall–Kier alpha value is -2.65. The van der Waals surface area contributed by atoms with Crippen LogP contribution in [-0.4, -0.2) is 48.4 Å².